The standard InChI is InChI=1S/C56H46N2.C52H38N2/c1-37-17-6-13-26-50(37)58(51-27-14-7-18-38(51)2)43-33-34-53-49(36-43)44-21-12-15-28-52(44)57(53)42-31-29-39(30-32-42)54-45-22-8-10-24-47(45)55(48-25-11-9-23-46(48)54)40-19-16-20-41(35-40)56(3,4)5;1-35-14-12-16-38(32-35)52-46-23-8-6-21-44(46)51(45-22-7-9-24-47(45)52)37-26-28-40(29-27-37)54-49-25-11-10-20-43(49)48-34-42(30-31-50(48)54)53(39-17-4-3-5-18-39)41-19-13-15-36(2)33-41/h6-36H,1-5H3;3-34H,1-2H3. The van der Waals surface area contributed by atoms with Crippen molar-refractivity contribution in [2.75, 3.05) is 9.80 Å². The Morgan fingerprint density at radius 2 is 0.545 bits per heavy atom. The normalized spacial score (nSPS) is 11.7. The third-order valence-electron chi connectivity index (χ3n) is 22.8. The summed E-state index contributed by atoms with van der Waals surface area (Å²) < 4.78 is 4.83. The SMILES string of the molecule is Cc1cccc(-c2c3ccccc3c(-c3ccc(-n4c5ccccc5c5cc(N(c6ccccc6)c6cccc(C)c6)ccc54)cc3)c3ccccc23)c1.Cc1ccccc1N(c1ccc2c(c1)c1ccccc1n2-c1ccc(-c2c3ccccc3c(-c3cccc(C(C)(C)C)c3)c3ccccc23)cc1)c1ccccc1C. The van der Waals surface area contributed by atoms with Crippen LogP contribution < -0.4 is 9.80 Å². The summed E-state index contributed by atoms with van der Waals surface area (Å²) in [4.78, 5) is 4.76. The molecule has 0 bridgehead atoms. The molecule has 18 aromatic carbocycles. The van der Waals surface area contributed by atoms with Crippen molar-refractivity contribution in [1.82, 2.24) is 9.13 Å². The highest BCUT2D eigenvalue weighted by molar-refractivity contribution is 6.23. The van der Waals surface area contributed by atoms with Gasteiger partial charge in [-0.25, -0.2) is 0 Å². The number of anilines is 6. The lowest BCUT2D eigenvalue weighted by Gasteiger charge is -2.28. The van der Waals surface area contributed by atoms with Gasteiger partial charge in [-0.2, -0.15) is 0 Å². The number of nitrogens with zero attached hydrogens (tertiary/aromatic N) is 4. The molecule has 0 unspecified atom stereocenters. The maximum atomic E-state index is 2.42. The summed E-state index contributed by atoms with van der Waals surface area (Å²) >= 11 is 0. The highest BCUT2D eigenvalue weighted by atomic mass is 15.2. The molecule has 0 spiro atoms. The predicted octanol–water partition coefficient (Wildman–Crippen LogP) is 30.3. The van der Waals surface area contributed by atoms with Crippen LogP contribution in [0.15, 0.2) is 382 Å². The Bertz CT molecular complexity index is 6870. The van der Waals surface area contributed by atoms with Crippen LogP contribution in [0.5, 0.6) is 0 Å². The molecular weight excluding hydrogens is 1350 g/mol. The Morgan fingerprint density at radius 1 is 0.214 bits per heavy atom. The molecule has 2 heterocycles. The van der Waals surface area contributed by atoms with Gasteiger partial charge in [-0.1, -0.05) is 299 Å². The second kappa shape index (κ2) is 28.3. The number of benzene rings is 18. The van der Waals surface area contributed by atoms with Gasteiger partial charge in [-0.15, -0.1) is 0 Å². The smallest absolute Gasteiger partial charge is 0.0542 e. The van der Waals surface area contributed by atoms with Crippen molar-refractivity contribution < 1.29 is 0 Å². The van der Waals surface area contributed by atoms with Gasteiger partial charge in [0.25, 0.3) is 0 Å². The van der Waals surface area contributed by atoms with Crippen molar-refractivity contribution in [3.63, 3.8) is 0 Å². The van der Waals surface area contributed by atoms with Crippen molar-refractivity contribution in [3.8, 4) is 55.9 Å². The van der Waals surface area contributed by atoms with Crippen LogP contribution in [0.1, 0.15) is 48.6 Å². The van der Waals surface area contributed by atoms with Crippen LogP contribution in [0, 0.1) is 27.7 Å². The molecule has 0 fully saturated rings. The lowest BCUT2D eigenvalue weighted by Crippen LogP contribution is -2.12. The average Bonchev–Trinajstić information content (AvgIpc) is 0.772. The summed E-state index contributed by atoms with van der Waals surface area (Å²) in [5.41, 5.74) is 30.4. The number of hydrogen-bond acceptors (Lipinski definition) is 2. The lowest BCUT2D eigenvalue weighted by molar-refractivity contribution is 0.590. The molecule has 0 aliphatic rings. The summed E-state index contributed by atoms with van der Waals surface area (Å²) in [6.45, 7) is 15.6. The summed E-state index contributed by atoms with van der Waals surface area (Å²) in [7, 11) is 0. The van der Waals surface area contributed by atoms with Gasteiger partial charge in [0.2, 0.25) is 0 Å². The number of hydrogen-bond donors (Lipinski definition) is 0. The molecule has 0 aliphatic carbocycles. The van der Waals surface area contributed by atoms with E-state index in [0.717, 1.165) is 34.1 Å². The Morgan fingerprint density at radius 3 is 0.964 bits per heavy atom. The zero-order valence-corrected chi connectivity index (χ0v) is 64.2. The first-order valence-corrected chi connectivity index (χ1v) is 39.0. The summed E-state index contributed by atoms with van der Waals surface area (Å²) in [5.74, 6) is 0. The van der Waals surface area contributed by atoms with Gasteiger partial charge >= 0.3 is 0 Å². The number of fused-ring (bicyclic) bond motifs is 10. The number of aromatic nitrogens is 2. The number of para-hydroxylation sites is 5. The fourth-order valence-electron chi connectivity index (χ4n) is 17.6. The van der Waals surface area contributed by atoms with Gasteiger partial charge in [0.1, 0.15) is 0 Å². The van der Waals surface area contributed by atoms with E-state index in [0.29, 0.717) is 0 Å². The summed E-state index contributed by atoms with van der Waals surface area (Å²) in [5, 5.41) is 15.1. The van der Waals surface area contributed by atoms with Crippen molar-refractivity contribution in [1.29, 1.82) is 0 Å². The van der Waals surface area contributed by atoms with Crippen LogP contribution in [0.4, 0.5) is 34.1 Å². The zero-order chi connectivity index (χ0) is 75.7. The fourth-order valence-corrected chi connectivity index (χ4v) is 17.6. The quantitative estimate of drug-likeness (QED) is 0.113. The van der Waals surface area contributed by atoms with Gasteiger partial charge in [-0.3, -0.25) is 0 Å². The molecule has 536 valence electrons. The van der Waals surface area contributed by atoms with Crippen molar-refractivity contribution in [2.45, 2.75) is 53.9 Å². The zero-order valence-electron chi connectivity index (χ0n) is 64.2. The Balaban J connectivity index is 0.000000151. The van der Waals surface area contributed by atoms with E-state index in [1.807, 2.05) is 0 Å². The highest BCUT2D eigenvalue weighted by Gasteiger charge is 2.25. The van der Waals surface area contributed by atoms with Crippen LogP contribution in [-0.4, -0.2) is 9.13 Å². The molecule has 2 aromatic heterocycles. The monoisotopic (exact) mass is 1440 g/mol. The predicted molar refractivity (Wildman–Crippen MR) is 480 cm³/mol. The molecule has 0 N–H and O–H groups in total. The third-order valence-corrected chi connectivity index (χ3v) is 22.8. The molecule has 0 amide bonds. The van der Waals surface area contributed by atoms with E-state index in [1.54, 1.807) is 0 Å². The number of rotatable bonds is 12. The molecular formula is C108H84N4. The van der Waals surface area contributed by atoms with E-state index in [9.17, 15) is 0 Å². The Kier molecular flexibility index (Phi) is 17.4. The molecule has 112 heavy (non-hydrogen) atoms. The topological polar surface area (TPSA) is 16.3 Å². The van der Waals surface area contributed by atoms with Crippen LogP contribution in [0.25, 0.3) is 143 Å². The second-order valence-corrected chi connectivity index (χ2v) is 31.0. The highest BCUT2D eigenvalue weighted by Crippen LogP contribution is 2.49. The number of aryl methyl sites for hydroxylation is 4. The molecule has 0 saturated heterocycles. The maximum Gasteiger partial charge on any atom is 0.0542 e. The Hall–Kier alpha value is -13.8. The maximum absolute atomic E-state index is 2.42. The minimum absolute atomic E-state index is 0.0604. The van der Waals surface area contributed by atoms with E-state index in [2.05, 4.69) is 450 Å². The van der Waals surface area contributed by atoms with Crippen LogP contribution >= 0.6 is 0 Å². The van der Waals surface area contributed by atoms with Gasteiger partial charge in [0, 0.05) is 67.0 Å². The minimum Gasteiger partial charge on any atom is -0.310 e. The van der Waals surface area contributed by atoms with Gasteiger partial charge in [0.05, 0.1) is 22.1 Å². The molecule has 4 heteroatoms. The van der Waals surface area contributed by atoms with Gasteiger partial charge in [0.15, 0.2) is 0 Å². The molecule has 0 atom stereocenters. The summed E-state index contributed by atoms with van der Waals surface area (Å²) in [6.07, 6.45) is 0. The van der Waals surface area contributed by atoms with Crippen molar-refractivity contribution in [3.05, 3.63) is 410 Å². The molecule has 20 aromatic rings. The first-order chi connectivity index (χ1) is 54.9. The molecule has 4 nitrogen and oxygen atoms in total. The molecule has 0 radical (unpaired) electrons. The van der Waals surface area contributed by atoms with E-state index >= 15 is 0 Å². The summed E-state index contributed by atoms with van der Waals surface area (Å²) in [6, 6.07) is 140. The van der Waals surface area contributed by atoms with Crippen LogP contribution in [0.2, 0.25) is 0 Å². The van der Waals surface area contributed by atoms with Crippen LogP contribution in [0.3, 0.4) is 0 Å². The van der Waals surface area contributed by atoms with E-state index in [-0.39, 0.29) is 5.41 Å². The van der Waals surface area contributed by atoms with E-state index < -0.39 is 0 Å². The van der Waals surface area contributed by atoms with E-state index in [1.165, 1.54) is 170 Å². The first kappa shape index (κ1) is 68.7. The largest absolute Gasteiger partial charge is 0.310 e. The Labute approximate surface area is 655 Å². The minimum atomic E-state index is 0.0604. The lowest BCUT2D eigenvalue weighted by atomic mass is 9.82. The average molecular weight is 1440 g/mol. The first-order valence-electron chi connectivity index (χ1n) is 39.0. The van der Waals surface area contributed by atoms with E-state index in [4.69, 9.17) is 0 Å². The second-order valence-electron chi connectivity index (χ2n) is 31.0. The van der Waals surface area contributed by atoms with Crippen molar-refractivity contribution in [2.24, 2.45) is 0 Å². The van der Waals surface area contributed by atoms with Crippen molar-refractivity contribution >= 4 is 121 Å². The third kappa shape index (κ3) is 12.1. The molecule has 20 rings (SSSR count). The van der Waals surface area contributed by atoms with Gasteiger partial charge < -0.3 is 18.9 Å². The fraction of sp³-hybridized carbons (Fsp3) is 0.0741. The van der Waals surface area contributed by atoms with Gasteiger partial charge in [-0.05, 0) is 252 Å². The molecule has 0 aliphatic heterocycles. The molecule has 0 saturated carbocycles. The van der Waals surface area contributed by atoms with Crippen LogP contribution in [-0.2, 0) is 5.41 Å².